The third-order valence-electron chi connectivity index (χ3n) is 5.08. The Hall–Kier alpha value is -3.37. The van der Waals surface area contributed by atoms with Crippen LogP contribution in [0.15, 0.2) is 76.1 Å². The van der Waals surface area contributed by atoms with Gasteiger partial charge in [0.15, 0.2) is 23.1 Å². The zero-order valence-electron chi connectivity index (χ0n) is 18.6. The topological polar surface area (TPSA) is 102 Å². The maximum Gasteiger partial charge on any atom is 0.263 e. The normalized spacial score (nSPS) is 11.3. The van der Waals surface area contributed by atoms with Crippen LogP contribution in [0, 0.1) is 0 Å². The van der Waals surface area contributed by atoms with E-state index in [0.717, 1.165) is 10.0 Å². The van der Waals surface area contributed by atoms with Crippen molar-refractivity contribution < 1.29 is 17.9 Å². The summed E-state index contributed by atoms with van der Waals surface area (Å²) in [5.74, 6) is 1.78. The first-order valence-electron chi connectivity index (χ1n) is 10.4. The van der Waals surface area contributed by atoms with Crippen LogP contribution in [0.4, 0.5) is 11.6 Å². The second-order valence-electron chi connectivity index (χ2n) is 7.34. The van der Waals surface area contributed by atoms with Crippen LogP contribution >= 0.6 is 15.9 Å². The average Bonchev–Trinajstić information content (AvgIpc) is 2.84. The van der Waals surface area contributed by atoms with Crippen molar-refractivity contribution >= 4 is 48.6 Å². The summed E-state index contributed by atoms with van der Waals surface area (Å²) >= 11 is 3.32. The number of para-hydroxylation sites is 2. The summed E-state index contributed by atoms with van der Waals surface area (Å²) < 4.78 is 40.0. The molecule has 0 bridgehead atoms. The van der Waals surface area contributed by atoms with Gasteiger partial charge >= 0.3 is 0 Å². The highest BCUT2D eigenvalue weighted by atomic mass is 79.9. The molecule has 1 aromatic heterocycles. The fourth-order valence-corrected chi connectivity index (χ4v) is 4.63. The standard InChI is InChI=1S/C24H23BrN4O4S/c1-32-21-12-7-16(15-22(21)33-2)13-14-26-23-24(28-20-6-4-3-5-19(20)27-23)29-34(30,31)18-10-8-17(25)9-11-18/h3-12,15H,13-14H2,1-2H3,(H,26,27)(H,28,29). The lowest BCUT2D eigenvalue weighted by atomic mass is 10.1. The minimum absolute atomic E-state index is 0.127. The molecule has 0 amide bonds. The van der Waals surface area contributed by atoms with E-state index in [4.69, 9.17) is 9.47 Å². The summed E-state index contributed by atoms with van der Waals surface area (Å²) in [5.41, 5.74) is 2.26. The fraction of sp³-hybridized carbons (Fsp3) is 0.167. The molecule has 0 unspecified atom stereocenters. The van der Waals surface area contributed by atoms with Crippen LogP contribution in [0.2, 0.25) is 0 Å². The van der Waals surface area contributed by atoms with E-state index >= 15 is 0 Å². The van der Waals surface area contributed by atoms with E-state index in [-0.39, 0.29) is 10.7 Å². The number of anilines is 2. The molecule has 3 aromatic carbocycles. The Morgan fingerprint density at radius 1 is 0.853 bits per heavy atom. The lowest BCUT2D eigenvalue weighted by Crippen LogP contribution is -2.17. The van der Waals surface area contributed by atoms with Crippen LogP contribution in [0.1, 0.15) is 5.56 Å². The number of nitrogens with one attached hydrogen (secondary N) is 2. The maximum absolute atomic E-state index is 13.0. The molecule has 0 radical (unpaired) electrons. The van der Waals surface area contributed by atoms with Crippen LogP contribution in [0.3, 0.4) is 0 Å². The van der Waals surface area contributed by atoms with Gasteiger partial charge in [-0.15, -0.1) is 0 Å². The lowest BCUT2D eigenvalue weighted by molar-refractivity contribution is 0.354. The Kier molecular flexibility index (Phi) is 7.18. The van der Waals surface area contributed by atoms with Crippen LogP contribution in [0.5, 0.6) is 11.5 Å². The van der Waals surface area contributed by atoms with Crippen molar-refractivity contribution in [1.82, 2.24) is 9.97 Å². The molecule has 4 aromatic rings. The Labute approximate surface area is 206 Å². The quantitative estimate of drug-likeness (QED) is 0.311. The molecule has 1 heterocycles. The zero-order valence-corrected chi connectivity index (χ0v) is 21.0. The molecular weight excluding hydrogens is 520 g/mol. The first-order valence-corrected chi connectivity index (χ1v) is 12.7. The van der Waals surface area contributed by atoms with Crippen molar-refractivity contribution in [3.05, 3.63) is 76.8 Å². The largest absolute Gasteiger partial charge is 0.493 e. The highest BCUT2D eigenvalue weighted by Gasteiger charge is 2.19. The molecular formula is C24H23BrN4O4S. The monoisotopic (exact) mass is 542 g/mol. The molecule has 0 saturated carbocycles. The molecule has 0 aliphatic heterocycles. The second kappa shape index (κ2) is 10.3. The third-order valence-corrected chi connectivity index (χ3v) is 6.96. The Balaban J connectivity index is 1.59. The predicted molar refractivity (Wildman–Crippen MR) is 136 cm³/mol. The van der Waals surface area contributed by atoms with Gasteiger partial charge in [0, 0.05) is 11.0 Å². The summed E-state index contributed by atoms with van der Waals surface area (Å²) in [5, 5.41) is 3.22. The number of hydrogen-bond acceptors (Lipinski definition) is 7. The van der Waals surface area contributed by atoms with Crippen molar-refractivity contribution in [2.75, 3.05) is 30.8 Å². The molecule has 0 saturated heterocycles. The molecule has 34 heavy (non-hydrogen) atoms. The van der Waals surface area contributed by atoms with Gasteiger partial charge in [-0.05, 0) is 60.5 Å². The Bertz CT molecular complexity index is 1410. The second-order valence-corrected chi connectivity index (χ2v) is 9.93. The van der Waals surface area contributed by atoms with Crippen LogP contribution in [-0.2, 0) is 16.4 Å². The van der Waals surface area contributed by atoms with E-state index in [1.807, 2.05) is 36.4 Å². The minimum Gasteiger partial charge on any atom is -0.493 e. The van der Waals surface area contributed by atoms with Gasteiger partial charge in [0.2, 0.25) is 0 Å². The molecule has 4 rings (SSSR count). The third kappa shape index (κ3) is 5.40. The number of methoxy groups -OCH3 is 2. The average molecular weight is 543 g/mol. The molecule has 0 spiro atoms. The Morgan fingerprint density at radius 3 is 2.15 bits per heavy atom. The van der Waals surface area contributed by atoms with Gasteiger partial charge in [0.25, 0.3) is 10.0 Å². The molecule has 2 N–H and O–H groups in total. The highest BCUT2D eigenvalue weighted by molar-refractivity contribution is 9.10. The van der Waals surface area contributed by atoms with E-state index in [2.05, 4.69) is 35.9 Å². The van der Waals surface area contributed by atoms with E-state index in [9.17, 15) is 8.42 Å². The van der Waals surface area contributed by atoms with Gasteiger partial charge in [-0.2, -0.15) is 0 Å². The number of nitrogens with zero attached hydrogens (tertiary/aromatic N) is 2. The van der Waals surface area contributed by atoms with Gasteiger partial charge in [0.1, 0.15) is 0 Å². The number of halogens is 1. The summed E-state index contributed by atoms with van der Waals surface area (Å²) in [6.07, 6.45) is 0.647. The van der Waals surface area contributed by atoms with Crippen molar-refractivity contribution in [1.29, 1.82) is 0 Å². The van der Waals surface area contributed by atoms with E-state index < -0.39 is 10.0 Å². The minimum atomic E-state index is -3.86. The van der Waals surface area contributed by atoms with E-state index in [1.165, 1.54) is 12.1 Å². The van der Waals surface area contributed by atoms with Crippen molar-refractivity contribution in [3.63, 3.8) is 0 Å². The van der Waals surface area contributed by atoms with Gasteiger partial charge in [-0.25, -0.2) is 18.4 Å². The fourth-order valence-electron chi connectivity index (χ4n) is 3.36. The van der Waals surface area contributed by atoms with Gasteiger partial charge in [0.05, 0.1) is 30.1 Å². The maximum atomic E-state index is 13.0. The first-order chi connectivity index (χ1) is 16.4. The van der Waals surface area contributed by atoms with E-state index in [1.54, 1.807) is 32.4 Å². The molecule has 0 aliphatic rings. The number of fused-ring (bicyclic) bond motifs is 1. The molecule has 176 valence electrons. The number of hydrogen-bond donors (Lipinski definition) is 2. The first kappa shape index (κ1) is 23.8. The van der Waals surface area contributed by atoms with Crippen LogP contribution < -0.4 is 19.5 Å². The number of rotatable bonds is 9. The molecule has 8 nitrogen and oxygen atoms in total. The van der Waals surface area contributed by atoms with E-state index in [0.29, 0.717) is 41.3 Å². The van der Waals surface area contributed by atoms with Gasteiger partial charge in [-0.1, -0.05) is 34.1 Å². The van der Waals surface area contributed by atoms with Crippen LogP contribution in [0.25, 0.3) is 11.0 Å². The molecule has 0 atom stereocenters. The molecule has 10 heteroatoms. The Morgan fingerprint density at radius 2 is 1.50 bits per heavy atom. The SMILES string of the molecule is COc1ccc(CCNc2nc3ccccc3nc2NS(=O)(=O)c2ccc(Br)cc2)cc1OC. The van der Waals surface area contributed by atoms with Crippen molar-refractivity contribution in [2.24, 2.45) is 0 Å². The predicted octanol–water partition coefficient (Wildman–Crippen LogP) is 4.86. The van der Waals surface area contributed by atoms with Crippen molar-refractivity contribution in [3.8, 4) is 11.5 Å². The van der Waals surface area contributed by atoms with Gasteiger partial charge < -0.3 is 14.8 Å². The number of benzene rings is 3. The lowest BCUT2D eigenvalue weighted by Gasteiger charge is -2.14. The zero-order chi connectivity index (χ0) is 24.1. The summed E-state index contributed by atoms with van der Waals surface area (Å²) in [6.45, 7) is 0.496. The van der Waals surface area contributed by atoms with Crippen molar-refractivity contribution in [2.45, 2.75) is 11.3 Å². The van der Waals surface area contributed by atoms with Crippen LogP contribution in [-0.4, -0.2) is 39.2 Å². The molecule has 0 aliphatic carbocycles. The number of sulfonamides is 1. The number of aromatic nitrogens is 2. The summed E-state index contributed by atoms with van der Waals surface area (Å²) in [7, 11) is -0.676. The summed E-state index contributed by atoms with van der Waals surface area (Å²) in [6, 6.07) is 19.4. The summed E-state index contributed by atoms with van der Waals surface area (Å²) in [4.78, 5) is 9.25. The molecule has 0 fully saturated rings. The smallest absolute Gasteiger partial charge is 0.263 e. The highest BCUT2D eigenvalue weighted by Crippen LogP contribution is 2.28. The number of ether oxygens (including phenoxy) is 2. The van der Waals surface area contributed by atoms with Gasteiger partial charge in [-0.3, -0.25) is 4.72 Å².